The Bertz CT molecular complexity index is 808. The molecule has 7 heteroatoms. The fraction of sp³-hybridized carbons (Fsp3) is 0.333. The molecule has 0 unspecified atom stereocenters. The van der Waals surface area contributed by atoms with Crippen LogP contribution in [0.2, 0.25) is 0 Å². The predicted molar refractivity (Wildman–Crippen MR) is 102 cm³/mol. The van der Waals surface area contributed by atoms with E-state index in [0.29, 0.717) is 5.69 Å². The van der Waals surface area contributed by atoms with Gasteiger partial charge in [-0.1, -0.05) is 32.0 Å². The van der Waals surface area contributed by atoms with Crippen LogP contribution in [0.3, 0.4) is 0 Å². The van der Waals surface area contributed by atoms with E-state index >= 15 is 0 Å². The minimum absolute atomic E-state index is 0.0704. The van der Waals surface area contributed by atoms with Crippen LogP contribution in [0.25, 0.3) is 0 Å². The first kappa shape index (κ1) is 21.3. The minimum Gasteiger partial charge on any atom is -0.449 e. The number of carbonyl (C=O) groups excluding carboxylic acids is 2. The van der Waals surface area contributed by atoms with Gasteiger partial charge in [0.25, 0.3) is 5.91 Å². The van der Waals surface area contributed by atoms with Crippen molar-refractivity contribution in [1.29, 1.82) is 0 Å². The molecule has 0 aliphatic heterocycles. The van der Waals surface area contributed by atoms with E-state index in [1.807, 2.05) is 18.2 Å². The molecule has 0 spiro atoms. The number of halogens is 2. The van der Waals surface area contributed by atoms with E-state index in [0.717, 1.165) is 12.0 Å². The number of hydrogen-bond acceptors (Lipinski definition) is 4. The lowest BCUT2D eigenvalue weighted by molar-refractivity contribution is -0.123. The van der Waals surface area contributed by atoms with Crippen LogP contribution in [0.1, 0.15) is 49.0 Å². The highest BCUT2D eigenvalue weighted by molar-refractivity contribution is 5.97. The summed E-state index contributed by atoms with van der Waals surface area (Å²) in [5, 5.41) is 2.79. The van der Waals surface area contributed by atoms with E-state index in [1.165, 1.54) is 31.2 Å². The average molecular weight is 391 g/mol. The van der Waals surface area contributed by atoms with Gasteiger partial charge in [0.05, 0.1) is 5.56 Å². The van der Waals surface area contributed by atoms with E-state index in [2.05, 4.69) is 23.9 Å². The molecule has 0 aliphatic rings. The normalized spacial score (nSPS) is 12.9. The fourth-order valence-corrected chi connectivity index (χ4v) is 2.55. The summed E-state index contributed by atoms with van der Waals surface area (Å²) < 4.78 is 33.7. The van der Waals surface area contributed by atoms with E-state index in [-0.39, 0.29) is 17.2 Å². The molecule has 0 radical (unpaired) electrons. The zero-order valence-electron chi connectivity index (χ0n) is 15.9. The van der Waals surface area contributed by atoms with Crippen LogP contribution < -0.4 is 10.1 Å². The van der Waals surface area contributed by atoms with Gasteiger partial charge in [-0.25, -0.2) is 4.79 Å². The molecule has 0 saturated carbocycles. The Morgan fingerprint density at radius 1 is 1.04 bits per heavy atom. The van der Waals surface area contributed by atoms with Crippen LogP contribution in [0.15, 0.2) is 48.5 Å². The Labute approximate surface area is 162 Å². The number of nitrogens with one attached hydrogen (secondary N) is 1. The molecule has 0 saturated heterocycles. The number of anilines is 1. The number of para-hydroxylation sites is 1. The van der Waals surface area contributed by atoms with Gasteiger partial charge in [0.15, 0.2) is 6.10 Å². The molecule has 0 aromatic heterocycles. The van der Waals surface area contributed by atoms with Gasteiger partial charge >= 0.3 is 12.6 Å². The first-order chi connectivity index (χ1) is 13.3. The first-order valence-electron chi connectivity index (χ1n) is 8.97. The van der Waals surface area contributed by atoms with Crippen LogP contribution in [0.5, 0.6) is 5.75 Å². The third kappa shape index (κ3) is 5.77. The van der Waals surface area contributed by atoms with Crippen LogP contribution in [0.4, 0.5) is 14.5 Å². The second-order valence-corrected chi connectivity index (χ2v) is 6.34. The zero-order chi connectivity index (χ0) is 20.7. The van der Waals surface area contributed by atoms with Gasteiger partial charge in [0.2, 0.25) is 0 Å². The number of alkyl halides is 2. The van der Waals surface area contributed by atoms with Crippen molar-refractivity contribution in [2.75, 3.05) is 5.32 Å². The summed E-state index contributed by atoms with van der Waals surface area (Å²) in [5.41, 5.74) is 1.81. The van der Waals surface area contributed by atoms with Crippen molar-refractivity contribution in [2.24, 2.45) is 0 Å². The van der Waals surface area contributed by atoms with Crippen LogP contribution in [-0.2, 0) is 9.53 Å². The maximum atomic E-state index is 12.4. The molecule has 150 valence electrons. The summed E-state index contributed by atoms with van der Waals surface area (Å²) >= 11 is 0. The minimum atomic E-state index is -2.94. The summed E-state index contributed by atoms with van der Waals surface area (Å²) in [7, 11) is 0. The van der Waals surface area contributed by atoms with Crippen LogP contribution in [-0.4, -0.2) is 24.6 Å². The van der Waals surface area contributed by atoms with Crippen molar-refractivity contribution in [3.63, 3.8) is 0 Å². The fourth-order valence-electron chi connectivity index (χ4n) is 2.55. The second-order valence-electron chi connectivity index (χ2n) is 6.34. The molecule has 0 aliphatic carbocycles. The maximum absolute atomic E-state index is 12.4. The predicted octanol–water partition coefficient (Wildman–Crippen LogP) is 4.99. The number of ether oxygens (including phenoxy) is 2. The quantitative estimate of drug-likeness (QED) is 0.644. The monoisotopic (exact) mass is 391 g/mol. The first-order valence-corrected chi connectivity index (χ1v) is 8.97. The van der Waals surface area contributed by atoms with Crippen molar-refractivity contribution in [3.05, 3.63) is 59.7 Å². The molecule has 0 heterocycles. The Morgan fingerprint density at radius 3 is 2.29 bits per heavy atom. The van der Waals surface area contributed by atoms with E-state index in [1.54, 1.807) is 6.07 Å². The summed E-state index contributed by atoms with van der Waals surface area (Å²) in [6.07, 6.45) is -0.114. The topological polar surface area (TPSA) is 64.6 Å². The highest BCUT2D eigenvalue weighted by Crippen LogP contribution is 2.26. The van der Waals surface area contributed by atoms with Gasteiger partial charge in [0, 0.05) is 5.69 Å². The summed E-state index contributed by atoms with van der Waals surface area (Å²) in [4.78, 5) is 24.6. The zero-order valence-corrected chi connectivity index (χ0v) is 15.9. The average Bonchev–Trinajstić information content (AvgIpc) is 2.67. The molecule has 2 rings (SSSR count). The van der Waals surface area contributed by atoms with Gasteiger partial charge in [-0.05, 0) is 55.2 Å². The molecular weight excluding hydrogens is 368 g/mol. The smallest absolute Gasteiger partial charge is 0.387 e. The maximum Gasteiger partial charge on any atom is 0.387 e. The Morgan fingerprint density at radius 2 is 1.68 bits per heavy atom. The van der Waals surface area contributed by atoms with Crippen molar-refractivity contribution in [2.45, 2.75) is 45.8 Å². The largest absolute Gasteiger partial charge is 0.449 e. The third-order valence-corrected chi connectivity index (χ3v) is 4.33. The molecule has 0 fully saturated rings. The molecule has 0 bridgehead atoms. The Hall–Kier alpha value is -2.96. The lowest BCUT2D eigenvalue weighted by Crippen LogP contribution is -2.30. The second kappa shape index (κ2) is 9.82. The molecule has 1 N–H and O–H groups in total. The number of amides is 1. The molecular formula is C21H23F2NO4. The van der Waals surface area contributed by atoms with Gasteiger partial charge < -0.3 is 14.8 Å². The SMILES string of the molecule is CC[C@H](C)c1ccccc1NC(=O)[C@H](C)OC(=O)c1ccc(OC(F)F)cc1. The standard InChI is InChI=1S/C21H23F2NO4/c1-4-13(2)17-7-5-6-8-18(17)24-19(25)14(3)27-20(26)15-9-11-16(12-10-15)28-21(22)23/h5-14,21H,4H2,1-3H3,(H,24,25)/t13-,14-/m0/s1. The molecule has 28 heavy (non-hydrogen) atoms. The lowest BCUT2D eigenvalue weighted by Gasteiger charge is -2.18. The molecule has 2 aromatic rings. The van der Waals surface area contributed by atoms with Crippen molar-refractivity contribution in [1.82, 2.24) is 0 Å². The highest BCUT2D eigenvalue weighted by Gasteiger charge is 2.20. The molecule has 2 aromatic carbocycles. The van der Waals surface area contributed by atoms with Crippen LogP contribution in [0, 0.1) is 0 Å². The van der Waals surface area contributed by atoms with Crippen molar-refractivity contribution < 1.29 is 27.8 Å². The third-order valence-electron chi connectivity index (χ3n) is 4.33. The number of esters is 1. The summed E-state index contributed by atoms with van der Waals surface area (Å²) in [6.45, 7) is 2.65. The molecule has 1 amide bonds. The number of rotatable bonds is 8. The van der Waals surface area contributed by atoms with E-state index in [4.69, 9.17) is 4.74 Å². The highest BCUT2D eigenvalue weighted by atomic mass is 19.3. The number of hydrogen-bond donors (Lipinski definition) is 1. The van der Waals surface area contributed by atoms with Gasteiger partial charge in [-0.3, -0.25) is 4.79 Å². The van der Waals surface area contributed by atoms with Crippen molar-refractivity contribution in [3.8, 4) is 5.75 Å². The molecule has 2 atom stereocenters. The summed E-state index contributed by atoms with van der Waals surface area (Å²) in [6, 6.07) is 12.5. The number of carbonyl (C=O) groups is 2. The lowest BCUT2D eigenvalue weighted by atomic mass is 9.97. The van der Waals surface area contributed by atoms with Gasteiger partial charge in [-0.15, -0.1) is 0 Å². The number of benzene rings is 2. The Balaban J connectivity index is 2.00. The summed E-state index contributed by atoms with van der Waals surface area (Å²) in [5.74, 6) is -0.995. The van der Waals surface area contributed by atoms with Crippen LogP contribution >= 0.6 is 0 Å². The van der Waals surface area contributed by atoms with E-state index in [9.17, 15) is 18.4 Å². The Kier molecular flexibility index (Phi) is 7.49. The van der Waals surface area contributed by atoms with Crippen molar-refractivity contribution >= 4 is 17.6 Å². The van der Waals surface area contributed by atoms with Gasteiger partial charge in [0.1, 0.15) is 5.75 Å². The van der Waals surface area contributed by atoms with Gasteiger partial charge in [-0.2, -0.15) is 8.78 Å². The van der Waals surface area contributed by atoms with E-state index < -0.39 is 24.6 Å². The molecule has 5 nitrogen and oxygen atoms in total.